The molecule has 37 heavy (non-hydrogen) atoms. The number of amides is 2. The molecule has 2 atom stereocenters. The number of halogens is 1. The highest BCUT2D eigenvalue weighted by atomic mass is 32.1. The lowest BCUT2D eigenvalue weighted by atomic mass is 9.93. The average molecular weight is 523 g/mol. The van der Waals surface area contributed by atoms with Crippen LogP contribution in [0.15, 0.2) is 66.7 Å². The molecule has 0 radical (unpaired) electrons. The number of hydrogen-bond donors (Lipinski definition) is 2. The molecule has 1 saturated heterocycles. The summed E-state index contributed by atoms with van der Waals surface area (Å²) in [7, 11) is 0. The number of thiophene rings is 1. The fourth-order valence-corrected chi connectivity index (χ4v) is 5.84. The predicted molar refractivity (Wildman–Crippen MR) is 146 cm³/mol. The molecule has 0 aliphatic carbocycles. The third kappa shape index (κ3) is 7.25. The molecule has 1 unspecified atom stereocenters. The maximum Gasteiger partial charge on any atom is 0.254 e. The topological polar surface area (TPSA) is 78.7 Å². The van der Waals surface area contributed by atoms with E-state index in [1.807, 2.05) is 6.07 Å². The molecule has 8 heteroatoms. The van der Waals surface area contributed by atoms with Gasteiger partial charge in [-0.15, -0.1) is 11.3 Å². The van der Waals surface area contributed by atoms with Crippen LogP contribution < -0.4 is 11.1 Å². The number of carbonyl (C=O) groups is 2. The summed E-state index contributed by atoms with van der Waals surface area (Å²) in [6.07, 6.45) is 2.19. The highest BCUT2D eigenvalue weighted by molar-refractivity contribution is 7.11. The lowest BCUT2D eigenvalue weighted by Gasteiger charge is -2.43. The van der Waals surface area contributed by atoms with E-state index in [1.165, 1.54) is 39.6 Å². The van der Waals surface area contributed by atoms with Crippen molar-refractivity contribution < 1.29 is 14.0 Å². The number of nitrogens with two attached hydrogens (primary N) is 1. The van der Waals surface area contributed by atoms with Gasteiger partial charge in [0.05, 0.1) is 0 Å². The Labute approximate surface area is 222 Å². The van der Waals surface area contributed by atoms with Gasteiger partial charge in [0, 0.05) is 54.1 Å². The zero-order valence-electron chi connectivity index (χ0n) is 21.2. The van der Waals surface area contributed by atoms with Gasteiger partial charge in [-0.1, -0.05) is 30.3 Å². The van der Waals surface area contributed by atoms with Crippen LogP contribution in [-0.4, -0.2) is 59.9 Å². The van der Waals surface area contributed by atoms with Crippen molar-refractivity contribution in [3.63, 3.8) is 0 Å². The number of benzene rings is 2. The Hall–Kier alpha value is -3.07. The first-order chi connectivity index (χ1) is 17.9. The number of piperidine rings is 1. The fourth-order valence-electron chi connectivity index (χ4n) is 4.92. The molecule has 4 rings (SSSR count). The number of carbonyl (C=O) groups excluding carboxylic acids is 2. The van der Waals surface area contributed by atoms with Gasteiger partial charge in [-0.25, -0.2) is 4.39 Å². The number of rotatable bonds is 10. The van der Waals surface area contributed by atoms with Gasteiger partial charge in [0.1, 0.15) is 11.9 Å². The number of aryl methyl sites for hydroxylation is 1. The minimum atomic E-state index is -0.618. The van der Waals surface area contributed by atoms with Crippen LogP contribution in [0.2, 0.25) is 0 Å². The smallest absolute Gasteiger partial charge is 0.254 e. The van der Waals surface area contributed by atoms with Crippen LogP contribution in [0, 0.1) is 12.7 Å². The summed E-state index contributed by atoms with van der Waals surface area (Å²) in [5, 5.41) is 2.88. The zero-order valence-corrected chi connectivity index (χ0v) is 22.1. The molecule has 196 valence electrons. The predicted octanol–water partition coefficient (Wildman–Crippen LogP) is 3.99. The molecule has 3 N–H and O–H groups in total. The Kier molecular flexibility index (Phi) is 9.44. The molecular formula is C29H35FN4O2S. The third-order valence-electron chi connectivity index (χ3n) is 6.87. The first kappa shape index (κ1) is 27.0. The van der Waals surface area contributed by atoms with E-state index >= 15 is 0 Å². The van der Waals surface area contributed by atoms with Crippen molar-refractivity contribution in [2.45, 2.75) is 44.8 Å². The van der Waals surface area contributed by atoms with Crippen LogP contribution in [0.25, 0.3) is 0 Å². The maximum atomic E-state index is 13.4. The van der Waals surface area contributed by atoms with Crippen LogP contribution in [0.1, 0.15) is 38.5 Å². The number of likely N-dealkylation sites (tertiary alicyclic amines) is 1. The van der Waals surface area contributed by atoms with Gasteiger partial charge in [-0.05, 0) is 68.1 Å². The molecule has 1 fully saturated rings. The van der Waals surface area contributed by atoms with E-state index in [9.17, 15) is 14.0 Å². The summed E-state index contributed by atoms with van der Waals surface area (Å²) in [6, 6.07) is 19.7. The largest absolute Gasteiger partial charge is 0.353 e. The van der Waals surface area contributed by atoms with Crippen molar-refractivity contribution in [1.82, 2.24) is 15.1 Å². The number of nitrogens with one attached hydrogen (secondary N) is 1. The van der Waals surface area contributed by atoms with Crippen molar-refractivity contribution >= 4 is 23.2 Å². The second-order valence-electron chi connectivity index (χ2n) is 9.50. The first-order valence-corrected chi connectivity index (χ1v) is 13.6. The normalized spacial score (nSPS) is 17.7. The molecule has 1 aliphatic rings. The molecule has 0 saturated carbocycles. The Bertz CT molecular complexity index is 1170. The van der Waals surface area contributed by atoms with Gasteiger partial charge in [-0.2, -0.15) is 0 Å². The standard InChI is InChI=1S/C29H35FN4O2S/c1-21-7-12-26(37-21)20-33(17-13-22-5-3-2-4-6-22)25-14-18-34(27(19-25)28(35)32-16-15-31)29(36)23-8-10-24(30)11-9-23/h2-12,25,27H,13-20,31H2,1H3,(H,32,35)/t25?,27-/m1/s1. The Balaban J connectivity index is 1.55. The summed E-state index contributed by atoms with van der Waals surface area (Å²) in [5.41, 5.74) is 7.28. The number of nitrogens with zero attached hydrogens (tertiary/aromatic N) is 2. The summed E-state index contributed by atoms with van der Waals surface area (Å²) in [5.74, 6) is -0.845. The third-order valence-corrected chi connectivity index (χ3v) is 7.86. The van der Waals surface area contributed by atoms with Gasteiger partial charge in [0.25, 0.3) is 5.91 Å². The van der Waals surface area contributed by atoms with Gasteiger partial charge < -0.3 is 16.0 Å². The van der Waals surface area contributed by atoms with Crippen molar-refractivity contribution in [1.29, 1.82) is 0 Å². The van der Waals surface area contributed by atoms with Crippen molar-refractivity contribution in [3.05, 3.63) is 93.4 Å². The van der Waals surface area contributed by atoms with Crippen LogP contribution in [-0.2, 0) is 17.8 Å². The van der Waals surface area contributed by atoms with Crippen molar-refractivity contribution in [3.8, 4) is 0 Å². The summed E-state index contributed by atoms with van der Waals surface area (Å²) in [6.45, 7) is 4.90. The molecule has 1 aliphatic heterocycles. The maximum absolute atomic E-state index is 13.4. The van der Waals surface area contributed by atoms with Gasteiger partial charge >= 0.3 is 0 Å². The second kappa shape index (κ2) is 12.9. The molecule has 3 aromatic rings. The Morgan fingerprint density at radius 3 is 2.54 bits per heavy atom. The van der Waals surface area contributed by atoms with E-state index in [-0.39, 0.29) is 17.9 Å². The van der Waals surface area contributed by atoms with E-state index in [2.05, 4.69) is 53.5 Å². The highest BCUT2D eigenvalue weighted by Crippen LogP contribution is 2.27. The molecule has 2 amide bonds. The summed E-state index contributed by atoms with van der Waals surface area (Å²) < 4.78 is 13.4. The molecular weight excluding hydrogens is 487 g/mol. The molecule has 0 spiro atoms. The lowest BCUT2D eigenvalue weighted by Crippen LogP contribution is -2.57. The second-order valence-corrected chi connectivity index (χ2v) is 10.9. The molecule has 0 bridgehead atoms. The summed E-state index contributed by atoms with van der Waals surface area (Å²) >= 11 is 1.79. The lowest BCUT2D eigenvalue weighted by molar-refractivity contribution is -0.127. The minimum Gasteiger partial charge on any atom is -0.353 e. The zero-order chi connectivity index (χ0) is 26.2. The van der Waals surface area contributed by atoms with Gasteiger partial charge in [-0.3, -0.25) is 14.5 Å². The molecule has 2 aromatic carbocycles. The van der Waals surface area contributed by atoms with Crippen LogP contribution in [0.4, 0.5) is 4.39 Å². The Morgan fingerprint density at radius 1 is 1.11 bits per heavy atom. The molecule has 6 nitrogen and oxygen atoms in total. The van der Waals surface area contributed by atoms with E-state index in [0.717, 1.165) is 25.9 Å². The average Bonchev–Trinajstić information content (AvgIpc) is 3.34. The highest BCUT2D eigenvalue weighted by Gasteiger charge is 2.38. The SMILES string of the molecule is Cc1ccc(CN(CCc2ccccc2)C2CCN(C(=O)c3ccc(F)cc3)[C@@H](C(=O)NCCN)C2)s1. The van der Waals surface area contributed by atoms with Crippen molar-refractivity contribution in [2.24, 2.45) is 5.73 Å². The summed E-state index contributed by atoms with van der Waals surface area (Å²) in [4.78, 5) is 33.3. The quantitative estimate of drug-likeness (QED) is 0.422. The van der Waals surface area contributed by atoms with E-state index in [4.69, 9.17) is 5.73 Å². The fraction of sp³-hybridized carbons (Fsp3) is 0.379. The first-order valence-electron chi connectivity index (χ1n) is 12.8. The van der Waals surface area contributed by atoms with E-state index in [0.29, 0.717) is 31.6 Å². The van der Waals surface area contributed by atoms with Crippen molar-refractivity contribution in [2.75, 3.05) is 26.2 Å². The monoisotopic (exact) mass is 522 g/mol. The molecule has 1 aromatic heterocycles. The minimum absolute atomic E-state index is 0.136. The van der Waals surface area contributed by atoms with Crippen LogP contribution in [0.3, 0.4) is 0 Å². The van der Waals surface area contributed by atoms with Crippen LogP contribution >= 0.6 is 11.3 Å². The Morgan fingerprint density at radius 2 is 1.86 bits per heavy atom. The van der Waals surface area contributed by atoms with E-state index in [1.54, 1.807) is 16.2 Å². The molecule has 2 heterocycles. The van der Waals surface area contributed by atoms with Gasteiger partial charge in [0.15, 0.2) is 0 Å². The van der Waals surface area contributed by atoms with Crippen LogP contribution in [0.5, 0.6) is 0 Å². The van der Waals surface area contributed by atoms with E-state index < -0.39 is 11.9 Å². The number of hydrogen-bond acceptors (Lipinski definition) is 5. The van der Waals surface area contributed by atoms with Gasteiger partial charge in [0.2, 0.25) is 5.91 Å².